The van der Waals surface area contributed by atoms with Gasteiger partial charge in [0.25, 0.3) is 0 Å². The van der Waals surface area contributed by atoms with Crippen molar-refractivity contribution in [3.8, 4) is 0 Å². The Morgan fingerprint density at radius 1 is 1.89 bits per heavy atom. The van der Waals surface area contributed by atoms with Crippen LogP contribution < -0.4 is 0 Å². The molecule has 2 heterocycles. The topological polar surface area (TPSA) is 25.4 Å². The lowest BCUT2D eigenvalue weighted by Gasteiger charge is -1.95. The molecule has 1 unspecified atom stereocenters. The van der Waals surface area contributed by atoms with Crippen molar-refractivity contribution in [1.29, 1.82) is 0 Å². The number of epoxide rings is 1. The van der Waals surface area contributed by atoms with E-state index < -0.39 is 0 Å². The summed E-state index contributed by atoms with van der Waals surface area (Å²) in [5.74, 6) is 0. The average Bonchev–Trinajstić information content (AvgIpc) is 2.46. The first-order valence-electron chi connectivity index (χ1n) is 2.86. The molecule has 2 rings (SSSR count). The third-order valence-electron chi connectivity index (χ3n) is 1.54. The predicted octanol–water partition coefficient (Wildman–Crippen LogP) is 1.39. The van der Waals surface area contributed by atoms with Crippen molar-refractivity contribution >= 4 is 11.5 Å². The van der Waals surface area contributed by atoms with Crippen molar-refractivity contribution in [3.63, 3.8) is 0 Å². The second-order valence-electron chi connectivity index (χ2n) is 2.40. The Hall–Kier alpha value is -0.410. The fourth-order valence-corrected chi connectivity index (χ4v) is 1.41. The summed E-state index contributed by atoms with van der Waals surface area (Å²) in [5.41, 5.74) is 0.0289. The van der Waals surface area contributed by atoms with Crippen LogP contribution in [0.2, 0.25) is 0 Å². The third-order valence-corrected chi connectivity index (χ3v) is 2.53. The Morgan fingerprint density at radius 3 is 3.11 bits per heavy atom. The maximum Gasteiger partial charge on any atom is 0.124 e. The van der Waals surface area contributed by atoms with Crippen molar-refractivity contribution in [3.05, 3.63) is 17.1 Å². The Balaban J connectivity index is 2.34. The lowest BCUT2D eigenvalue weighted by atomic mass is 10.2. The van der Waals surface area contributed by atoms with E-state index in [0.717, 1.165) is 6.61 Å². The SMILES string of the molecule is CC1(c2ccns2)CO1. The summed E-state index contributed by atoms with van der Waals surface area (Å²) in [5, 5.41) is 0. The molecule has 1 aromatic rings. The molecular formula is C6H7NOS. The number of nitrogens with zero attached hydrogens (tertiary/aromatic N) is 1. The first kappa shape index (κ1) is 5.38. The standard InChI is InChI=1S/C6H7NOS/c1-6(4-8-6)5-2-3-7-9-5/h2-3H,4H2,1H3. The van der Waals surface area contributed by atoms with Crippen molar-refractivity contribution in [1.82, 2.24) is 4.37 Å². The van der Waals surface area contributed by atoms with Crippen LogP contribution in [0.5, 0.6) is 0 Å². The average molecular weight is 141 g/mol. The summed E-state index contributed by atoms with van der Waals surface area (Å²) >= 11 is 1.52. The molecule has 9 heavy (non-hydrogen) atoms. The molecule has 1 fully saturated rings. The minimum absolute atomic E-state index is 0.0289. The van der Waals surface area contributed by atoms with Gasteiger partial charge in [-0.3, -0.25) is 0 Å². The highest BCUT2D eigenvalue weighted by atomic mass is 32.1. The van der Waals surface area contributed by atoms with E-state index in [-0.39, 0.29) is 5.60 Å². The summed E-state index contributed by atoms with van der Waals surface area (Å²) in [6.07, 6.45) is 1.81. The van der Waals surface area contributed by atoms with Gasteiger partial charge in [-0.1, -0.05) is 0 Å². The highest BCUT2D eigenvalue weighted by Gasteiger charge is 2.42. The number of rotatable bonds is 1. The lowest BCUT2D eigenvalue weighted by Crippen LogP contribution is -1.96. The van der Waals surface area contributed by atoms with Crippen molar-refractivity contribution < 1.29 is 4.74 Å². The third kappa shape index (κ3) is 0.767. The van der Waals surface area contributed by atoms with Gasteiger partial charge in [-0.15, -0.1) is 0 Å². The smallest absolute Gasteiger partial charge is 0.124 e. The largest absolute Gasteiger partial charge is 0.364 e. The summed E-state index contributed by atoms with van der Waals surface area (Å²) < 4.78 is 9.20. The molecular weight excluding hydrogens is 134 g/mol. The van der Waals surface area contributed by atoms with Crippen LogP contribution in [-0.2, 0) is 10.3 Å². The molecule has 1 aromatic heterocycles. The second-order valence-corrected chi connectivity index (χ2v) is 3.23. The summed E-state index contributed by atoms with van der Waals surface area (Å²) in [6, 6.07) is 2.01. The molecule has 0 bridgehead atoms. The molecule has 1 saturated heterocycles. The van der Waals surface area contributed by atoms with Gasteiger partial charge in [-0.25, -0.2) is 4.37 Å². The van der Waals surface area contributed by atoms with Crippen LogP contribution in [0.4, 0.5) is 0 Å². The van der Waals surface area contributed by atoms with E-state index in [2.05, 4.69) is 11.3 Å². The van der Waals surface area contributed by atoms with Gasteiger partial charge in [0.2, 0.25) is 0 Å². The summed E-state index contributed by atoms with van der Waals surface area (Å²) in [6.45, 7) is 2.94. The van der Waals surface area contributed by atoms with Crippen LogP contribution in [0, 0.1) is 0 Å². The molecule has 0 saturated carbocycles. The normalized spacial score (nSPS) is 32.6. The van der Waals surface area contributed by atoms with E-state index in [1.807, 2.05) is 12.3 Å². The molecule has 1 aliphatic rings. The molecule has 3 heteroatoms. The van der Waals surface area contributed by atoms with E-state index >= 15 is 0 Å². The molecule has 0 spiro atoms. The Bertz CT molecular complexity index is 203. The zero-order chi connectivity index (χ0) is 6.32. The maximum absolute atomic E-state index is 5.21. The molecule has 0 aliphatic carbocycles. The highest BCUT2D eigenvalue weighted by molar-refractivity contribution is 7.05. The summed E-state index contributed by atoms with van der Waals surface area (Å²) in [7, 11) is 0. The van der Waals surface area contributed by atoms with Crippen molar-refractivity contribution in [2.75, 3.05) is 6.61 Å². The zero-order valence-electron chi connectivity index (χ0n) is 5.13. The van der Waals surface area contributed by atoms with Gasteiger partial charge in [0, 0.05) is 6.20 Å². The van der Waals surface area contributed by atoms with Gasteiger partial charge in [0.1, 0.15) is 5.60 Å². The van der Waals surface area contributed by atoms with Gasteiger partial charge >= 0.3 is 0 Å². The number of hydrogen-bond acceptors (Lipinski definition) is 3. The molecule has 0 amide bonds. The van der Waals surface area contributed by atoms with E-state index in [9.17, 15) is 0 Å². The van der Waals surface area contributed by atoms with Gasteiger partial charge in [-0.2, -0.15) is 0 Å². The van der Waals surface area contributed by atoms with E-state index in [1.54, 1.807) is 0 Å². The Labute approximate surface area is 57.6 Å². The molecule has 0 aromatic carbocycles. The van der Waals surface area contributed by atoms with Crippen LogP contribution in [0.25, 0.3) is 0 Å². The van der Waals surface area contributed by atoms with Crippen LogP contribution >= 0.6 is 11.5 Å². The number of aromatic nitrogens is 1. The molecule has 48 valence electrons. The van der Waals surface area contributed by atoms with Crippen LogP contribution in [0.1, 0.15) is 11.8 Å². The Kier molecular flexibility index (Phi) is 0.926. The summed E-state index contributed by atoms with van der Waals surface area (Å²) in [4.78, 5) is 1.24. The van der Waals surface area contributed by atoms with Crippen LogP contribution in [0.3, 0.4) is 0 Å². The van der Waals surface area contributed by atoms with Gasteiger partial charge in [-0.05, 0) is 24.5 Å². The monoisotopic (exact) mass is 141 g/mol. The lowest BCUT2D eigenvalue weighted by molar-refractivity contribution is 0.333. The fraction of sp³-hybridized carbons (Fsp3) is 0.500. The van der Waals surface area contributed by atoms with Crippen molar-refractivity contribution in [2.24, 2.45) is 0 Å². The minimum atomic E-state index is 0.0289. The van der Waals surface area contributed by atoms with E-state index in [1.165, 1.54) is 16.4 Å². The van der Waals surface area contributed by atoms with E-state index in [0.29, 0.717) is 0 Å². The van der Waals surface area contributed by atoms with Gasteiger partial charge < -0.3 is 4.74 Å². The number of ether oxygens (including phenoxy) is 1. The Morgan fingerprint density at radius 2 is 2.67 bits per heavy atom. The first-order valence-corrected chi connectivity index (χ1v) is 3.64. The molecule has 2 nitrogen and oxygen atoms in total. The molecule has 1 aliphatic heterocycles. The van der Waals surface area contributed by atoms with Gasteiger partial charge in [0.05, 0.1) is 11.5 Å². The minimum Gasteiger partial charge on any atom is -0.364 e. The molecule has 1 atom stereocenters. The zero-order valence-corrected chi connectivity index (χ0v) is 5.94. The van der Waals surface area contributed by atoms with Gasteiger partial charge in [0.15, 0.2) is 0 Å². The van der Waals surface area contributed by atoms with Crippen molar-refractivity contribution in [2.45, 2.75) is 12.5 Å². The van der Waals surface area contributed by atoms with E-state index in [4.69, 9.17) is 4.74 Å². The molecule has 0 radical (unpaired) electrons. The quantitative estimate of drug-likeness (QED) is 0.552. The maximum atomic E-state index is 5.21. The molecule has 0 N–H and O–H groups in total. The number of hydrogen-bond donors (Lipinski definition) is 0. The fourth-order valence-electron chi connectivity index (χ4n) is 0.739. The second kappa shape index (κ2) is 1.55. The van der Waals surface area contributed by atoms with Crippen LogP contribution in [0.15, 0.2) is 12.3 Å². The first-order chi connectivity index (χ1) is 4.31. The highest BCUT2D eigenvalue weighted by Crippen LogP contribution is 2.39. The van der Waals surface area contributed by atoms with Crippen LogP contribution in [-0.4, -0.2) is 11.0 Å². The predicted molar refractivity (Wildman–Crippen MR) is 35.4 cm³/mol.